The lowest BCUT2D eigenvalue weighted by molar-refractivity contribution is -0.129. The number of amides is 1. The van der Waals surface area contributed by atoms with Crippen LogP contribution in [0.25, 0.3) is 0 Å². The van der Waals surface area contributed by atoms with Gasteiger partial charge < -0.3 is 10.4 Å². The summed E-state index contributed by atoms with van der Waals surface area (Å²) in [4.78, 5) is 11.7. The summed E-state index contributed by atoms with van der Waals surface area (Å²) in [6, 6.07) is -0.490. The van der Waals surface area contributed by atoms with E-state index in [1.807, 2.05) is 0 Å². The summed E-state index contributed by atoms with van der Waals surface area (Å²) < 4.78 is 28.1. The van der Waals surface area contributed by atoms with Gasteiger partial charge in [-0.3, -0.25) is 9.48 Å². The van der Waals surface area contributed by atoms with Gasteiger partial charge in [-0.1, -0.05) is 18.5 Å². The van der Waals surface area contributed by atoms with Gasteiger partial charge in [0.25, 0.3) is 5.92 Å². The van der Waals surface area contributed by atoms with E-state index in [1.165, 1.54) is 13.1 Å². The van der Waals surface area contributed by atoms with Crippen molar-refractivity contribution in [1.29, 1.82) is 0 Å². The number of carbonyl (C=O) groups is 1. The topological polar surface area (TPSA) is 67.2 Å². The zero-order valence-electron chi connectivity index (χ0n) is 12.3. The van der Waals surface area contributed by atoms with Gasteiger partial charge in [0.1, 0.15) is 0 Å². The van der Waals surface area contributed by atoms with Crippen LogP contribution in [0.3, 0.4) is 0 Å². The average Bonchev–Trinajstić information content (AvgIpc) is 2.96. The van der Waals surface area contributed by atoms with E-state index in [0.29, 0.717) is 24.4 Å². The SMILES string of the molecule is CCC(F)(F)CC(=O)N[C@@H]1CC(Cn2cc(Cl)cn2)C[C@H]1O. The zero-order valence-corrected chi connectivity index (χ0v) is 13.1. The Morgan fingerprint density at radius 3 is 2.91 bits per heavy atom. The highest BCUT2D eigenvalue weighted by molar-refractivity contribution is 6.30. The van der Waals surface area contributed by atoms with E-state index in [2.05, 4.69) is 10.4 Å². The third-order valence-corrected chi connectivity index (χ3v) is 4.15. The summed E-state index contributed by atoms with van der Waals surface area (Å²) in [5, 5.41) is 17.1. The van der Waals surface area contributed by atoms with Crippen molar-refractivity contribution in [2.24, 2.45) is 5.92 Å². The maximum Gasteiger partial charge on any atom is 0.256 e. The molecule has 5 nitrogen and oxygen atoms in total. The van der Waals surface area contributed by atoms with Gasteiger partial charge in [-0.15, -0.1) is 0 Å². The number of halogens is 3. The molecule has 2 N–H and O–H groups in total. The Morgan fingerprint density at radius 1 is 1.59 bits per heavy atom. The maximum atomic E-state index is 13.2. The highest BCUT2D eigenvalue weighted by atomic mass is 35.5. The Bertz CT molecular complexity index is 524. The number of carbonyl (C=O) groups excluding carboxylic acids is 1. The van der Waals surface area contributed by atoms with Crippen molar-refractivity contribution in [3.05, 3.63) is 17.4 Å². The van der Waals surface area contributed by atoms with Crippen LogP contribution in [0.15, 0.2) is 12.4 Å². The zero-order chi connectivity index (χ0) is 16.3. The fraction of sp³-hybridized carbons (Fsp3) is 0.714. The molecule has 2 rings (SSSR count). The summed E-state index contributed by atoms with van der Waals surface area (Å²) >= 11 is 5.79. The summed E-state index contributed by atoms with van der Waals surface area (Å²) in [7, 11) is 0. The summed E-state index contributed by atoms with van der Waals surface area (Å²) in [6.45, 7) is 1.91. The molecule has 0 spiro atoms. The number of aromatic nitrogens is 2. The largest absolute Gasteiger partial charge is 0.391 e. The predicted octanol–water partition coefficient (Wildman–Crippen LogP) is 2.23. The standard InChI is InChI=1S/C14H20ClF2N3O2/c1-2-14(16,17)5-13(22)19-11-3-9(4-12(11)21)7-20-8-10(15)6-18-20/h6,8-9,11-12,21H,2-5,7H2,1H3,(H,19,22)/t9?,11-,12-/m1/s1. The minimum Gasteiger partial charge on any atom is -0.391 e. The van der Waals surface area contributed by atoms with Gasteiger partial charge in [0, 0.05) is 19.2 Å². The van der Waals surface area contributed by atoms with Crippen molar-refractivity contribution in [3.8, 4) is 0 Å². The molecule has 0 radical (unpaired) electrons. The number of rotatable bonds is 6. The molecule has 8 heteroatoms. The minimum absolute atomic E-state index is 0.114. The second-order valence-corrected chi connectivity index (χ2v) is 6.28. The van der Waals surface area contributed by atoms with Crippen molar-refractivity contribution in [2.75, 3.05) is 0 Å². The lowest BCUT2D eigenvalue weighted by Crippen LogP contribution is -2.42. The number of alkyl halides is 2. The molecule has 0 aliphatic heterocycles. The van der Waals surface area contributed by atoms with Gasteiger partial charge in [-0.25, -0.2) is 8.78 Å². The van der Waals surface area contributed by atoms with Crippen LogP contribution >= 0.6 is 11.6 Å². The summed E-state index contributed by atoms with van der Waals surface area (Å²) in [5.74, 6) is -3.61. The molecule has 1 saturated carbocycles. The molecular formula is C14H20ClF2N3O2. The Balaban J connectivity index is 1.84. The molecule has 1 aliphatic rings. The first-order valence-electron chi connectivity index (χ1n) is 7.32. The molecule has 1 aromatic heterocycles. The van der Waals surface area contributed by atoms with Crippen LogP contribution in [0, 0.1) is 5.92 Å². The fourth-order valence-electron chi connectivity index (χ4n) is 2.74. The van der Waals surface area contributed by atoms with E-state index in [4.69, 9.17) is 11.6 Å². The molecule has 1 amide bonds. The molecule has 3 atom stereocenters. The van der Waals surface area contributed by atoms with Gasteiger partial charge in [-0.2, -0.15) is 5.10 Å². The van der Waals surface area contributed by atoms with Gasteiger partial charge in [0.2, 0.25) is 5.91 Å². The molecule has 1 aliphatic carbocycles. The van der Waals surface area contributed by atoms with E-state index in [0.717, 1.165) is 0 Å². The number of aliphatic hydroxyl groups excluding tert-OH is 1. The molecule has 124 valence electrons. The predicted molar refractivity (Wildman–Crippen MR) is 77.8 cm³/mol. The summed E-state index contributed by atoms with van der Waals surface area (Å²) in [5.41, 5.74) is 0. The number of hydrogen-bond donors (Lipinski definition) is 2. The van der Waals surface area contributed by atoms with Crippen molar-refractivity contribution < 1.29 is 18.7 Å². The molecule has 0 saturated heterocycles. The quantitative estimate of drug-likeness (QED) is 0.837. The average molecular weight is 336 g/mol. The second-order valence-electron chi connectivity index (χ2n) is 5.85. The number of aliphatic hydroxyl groups is 1. The van der Waals surface area contributed by atoms with E-state index in [9.17, 15) is 18.7 Å². The van der Waals surface area contributed by atoms with E-state index < -0.39 is 30.4 Å². The van der Waals surface area contributed by atoms with E-state index in [1.54, 1.807) is 10.9 Å². The molecule has 22 heavy (non-hydrogen) atoms. The maximum absolute atomic E-state index is 13.2. The third kappa shape index (κ3) is 4.64. The lowest BCUT2D eigenvalue weighted by atomic mass is 10.1. The Hall–Kier alpha value is -1.21. The van der Waals surface area contributed by atoms with Crippen molar-refractivity contribution in [2.45, 2.75) is 57.2 Å². The molecule has 1 fully saturated rings. The first kappa shape index (κ1) is 17.1. The highest BCUT2D eigenvalue weighted by Crippen LogP contribution is 2.28. The molecule has 0 aromatic carbocycles. The van der Waals surface area contributed by atoms with Gasteiger partial charge in [0.05, 0.1) is 29.8 Å². The van der Waals surface area contributed by atoms with Crippen LogP contribution < -0.4 is 5.32 Å². The van der Waals surface area contributed by atoms with Gasteiger partial charge in [-0.05, 0) is 18.8 Å². The first-order valence-corrected chi connectivity index (χ1v) is 7.70. The van der Waals surface area contributed by atoms with Crippen LogP contribution in [0.1, 0.15) is 32.6 Å². The molecule has 0 bridgehead atoms. The highest BCUT2D eigenvalue weighted by Gasteiger charge is 2.36. The molecular weight excluding hydrogens is 316 g/mol. The Labute approximate surface area is 132 Å². The number of hydrogen-bond acceptors (Lipinski definition) is 3. The van der Waals surface area contributed by atoms with Crippen molar-refractivity contribution >= 4 is 17.5 Å². The van der Waals surface area contributed by atoms with Gasteiger partial charge >= 0.3 is 0 Å². The van der Waals surface area contributed by atoms with Crippen LogP contribution in [0.4, 0.5) is 8.78 Å². The van der Waals surface area contributed by atoms with Crippen molar-refractivity contribution in [3.63, 3.8) is 0 Å². The van der Waals surface area contributed by atoms with Crippen LogP contribution in [-0.4, -0.2) is 38.9 Å². The summed E-state index contributed by atoms with van der Waals surface area (Å²) in [6.07, 6.45) is 2.29. The molecule has 1 unspecified atom stereocenters. The third-order valence-electron chi connectivity index (χ3n) is 3.96. The van der Waals surface area contributed by atoms with E-state index in [-0.39, 0.29) is 12.3 Å². The lowest BCUT2D eigenvalue weighted by Gasteiger charge is -2.19. The van der Waals surface area contributed by atoms with E-state index >= 15 is 0 Å². The number of nitrogens with zero attached hydrogens (tertiary/aromatic N) is 2. The van der Waals surface area contributed by atoms with Crippen LogP contribution in [0.2, 0.25) is 5.02 Å². The van der Waals surface area contributed by atoms with Crippen molar-refractivity contribution in [1.82, 2.24) is 15.1 Å². The Kier molecular flexibility index (Phi) is 5.39. The fourth-order valence-corrected chi connectivity index (χ4v) is 2.90. The van der Waals surface area contributed by atoms with Crippen LogP contribution in [-0.2, 0) is 11.3 Å². The molecule has 1 aromatic rings. The minimum atomic E-state index is -3.00. The Morgan fingerprint density at radius 2 is 2.32 bits per heavy atom. The second kappa shape index (κ2) is 6.91. The number of nitrogens with one attached hydrogen (secondary N) is 1. The van der Waals surface area contributed by atoms with Gasteiger partial charge in [0.15, 0.2) is 0 Å². The normalized spacial score (nSPS) is 25.4. The monoisotopic (exact) mass is 335 g/mol. The molecule has 1 heterocycles. The first-order chi connectivity index (χ1) is 10.3. The van der Waals surface area contributed by atoms with Crippen LogP contribution in [0.5, 0.6) is 0 Å². The smallest absolute Gasteiger partial charge is 0.256 e.